The van der Waals surface area contributed by atoms with E-state index in [0.717, 1.165) is 38.5 Å². The number of benzene rings is 2. The summed E-state index contributed by atoms with van der Waals surface area (Å²) in [5.41, 5.74) is 3.56. The molecular formula is C19H15ClN4OS. The fraction of sp³-hybridized carbons (Fsp3) is 0.105. The molecular weight excluding hydrogens is 368 g/mol. The molecule has 0 saturated carbocycles. The average Bonchev–Trinajstić information content (AvgIpc) is 3.08. The van der Waals surface area contributed by atoms with E-state index in [-0.39, 0.29) is 0 Å². The highest BCUT2D eigenvalue weighted by Gasteiger charge is 2.12. The smallest absolute Gasteiger partial charge is 0.212 e. The van der Waals surface area contributed by atoms with Crippen molar-refractivity contribution < 1.29 is 4.74 Å². The molecule has 5 nitrogen and oxygen atoms in total. The van der Waals surface area contributed by atoms with Gasteiger partial charge in [-0.05, 0) is 42.0 Å². The summed E-state index contributed by atoms with van der Waals surface area (Å²) < 4.78 is 7.20. The number of rotatable bonds is 5. The van der Waals surface area contributed by atoms with Crippen molar-refractivity contribution in [2.45, 2.75) is 10.9 Å². The minimum absolute atomic E-state index is 0.706. The van der Waals surface area contributed by atoms with Crippen LogP contribution in [0.1, 0.15) is 5.56 Å². The highest BCUT2D eigenvalue weighted by Crippen LogP contribution is 2.29. The molecule has 0 spiro atoms. The quantitative estimate of drug-likeness (QED) is 0.466. The molecule has 0 aliphatic rings. The highest BCUT2D eigenvalue weighted by molar-refractivity contribution is 7.98. The lowest BCUT2D eigenvalue weighted by Crippen LogP contribution is -1.98. The molecule has 0 aliphatic heterocycles. The number of ether oxygens (including phenoxy) is 1. The van der Waals surface area contributed by atoms with Gasteiger partial charge < -0.3 is 4.74 Å². The first-order valence-electron chi connectivity index (χ1n) is 7.98. The number of methoxy groups -OCH3 is 1. The molecule has 0 aliphatic carbocycles. The van der Waals surface area contributed by atoms with Gasteiger partial charge in [-0.2, -0.15) is 9.61 Å². The lowest BCUT2D eigenvalue weighted by Gasteiger charge is -2.08. The van der Waals surface area contributed by atoms with Gasteiger partial charge in [-0.3, -0.25) is 0 Å². The molecule has 0 amide bonds. The van der Waals surface area contributed by atoms with Gasteiger partial charge in [0.1, 0.15) is 5.75 Å². The van der Waals surface area contributed by atoms with E-state index < -0.39 is 0 Å². The van der Waals surface area contributed by atoms with Gasteiger partial charge in [0.25, 0.3) is 0 Å². The van der Waals surface area contributed by atoms with E-state index in [4.69, 9.17) is 21.4 Å². The SMILES string of the molecule is COc1ccccc1-c1ccc2nnc(SCc3cccc(Cl)c3)n2n1. The van der Waals surface area contributed by atoms with E-state index in [9.17, 15) is 0 Å². The molecule has 130 valence electrons. The van der Waals surface area contributed by atoms with Crippen LogP contribution in [-0.4, -0.2) is 26.9 Å². The third-order valence-corrected chi connectivity index (χ3v) is 5.10. The van der Waals surface area contributed by atoms with Crippen molar-refractivity contribution in [2.24, 2.45) is 0 Å². The van der Waals surface area contributed by atoms with Crippen LogP contribution in [0.2, 0.25) is 5.02 Å². The van der Waals surface area contributed by atoms with E-state index in [1.54, 1.807) is 23.4 Å². The minimum atomic E-state index is 0.706. The van der Waals surface area contributed by atoms with Crippen molar-refractivity contribution in [1.29, 1.82) is 0 Å². The number of thioether (sulfide) groups is 1. The first-order chi connectivity index (χ1) is 12.7. The van der Waals surface area contributed by atoms with E-state index in [1.165, 1.54) is 0 Å². The van der Waals surface area contributed by atoms with Gasteiger partial charge in [-0.1, -0.05) is 47.6 Å². The zero-order valence-corrected chi connectivity index (χ0v) is 15.5. The Balaban J connectivity index is 1.66. The fourth-order valence-electron chi connectivity index (χ4n) is 2.63. The number of hydrogen-bond donors (Lipinski definition) is 0. The summed E-state index contributed by atoms with van der Waals surface area (Å²) in [7, 11) is 1.66. The summed E-state index contributed by atoms with van der Waals surface area (Å²) in [4.78, 5) is 0. The van der Waals surface area contributed by atoms with Crippen LogP contribution in [0.5, 0.6) is 5.75 Å². The minimum Gasteiger partial charge on any atom is -0.496 e. The van der Waals surface area contributed by atoms with Crippen molar-refractivity contribution in [2.75, 3.05) is 7.11 Å². The van der Waals surface area contributed by atoms with Crippen LogP contribution in [0.25, 0.3) is 16.9 Å². The summed E-state index contributed by atoms with van der Waals surface area (Å²) in [6.45, 7) is 0. The topological polar surface area (TPSA) is 52.3 Å². The Labute approximate surface area is 160 Å². The fourth-order valence-corrected chi connectivity index (χ4v) is 3.68. The Hall–Kier alpha value is -2.57. The summed E-state index contributed by atoms with van der Waals surface area (Å²) in [6, 6.07) is 19.4. The molecule has 26 heavy (non-hydrogen) atoms. The number of halogens is 1. The molecule has 0 unspecified atom stereocenters. The average molecular weight is 383 g/mol. The van der Waals surface area contributed by atoms with Crippen LogP contribution in [0, 0.1) is 0 Å². The van der Waals surface area contributed by atoms with Crippen LogP contribution in [0.4, 0.5) is 0 Å². The second-order valence-corrected chi connectivity index (χ2v) is 6.97. The molecule has 2 aromatic heterocycles. The van der Waals surface area contributed by atoms with Gasteiger partial charge in [0, 0.05) is 16.3 Å². The van der Waals surface area contributed by atoms with E-state index >= 15 is 0 Å². The first-order valence-corrected chi connectivity index (χ1v) is 9.34. The molecule has 0 fully saturated rings. The largest absolute Gasteiger partial charge is 0.496 e. The first kappa shape index (κ1) is 16.9. The number of aromatic nitrogens is 4. The van der Waals surface area contributed by atoms with E-state index in [1.807, 2.05) is 60.7 Å². The molecule has 0 bridgehead atoms. The van der Waals surface area contributed by atoms with Gasteiger partial charge in [0.2, 0.25) is 5.16 Å². The standard InChI is InChI=1S/C19H15ClN4OS/c1-25-17-8-3-2-7-15(17)16-9-10-18-21-22-19(24(18)23-16)26-12-13-5-4-6-14(20)11-13/h2-11H,12H2,1H3. The van der Waals surface area contributed by atoms with Gasteiger partial charge >= 0.3 is 0 Å². The summed E-state index contributed by atoms with van der Waals surface area (Å²) >= 11 is 7.62. The lowest BCUT2D eigenvalue weighted by atomic mass is 10.1. The van der Waals surface area contributed by atoms with Crippen LogP contribution in [-0.2, 0) is 5.75 Å². The Bertz CT molecular complexity index is 1070. The van der Waals surface area contributed by atoms with Crippen molar-refractivity contribution in [3.63, 3.8) is 0 Å². The maximum Gasteiger partial charge on any atom is 0.212 e. The summed E-state index contributed by atoms with van der Waals surface area (Å²) in [5, 5.41) is 14.6. The van der Waals surface area contributed by atoms with Crippen molar-refractivity contribution in [1.82, 2.24) is 19.8 Å². The van der Waals surface area contributed by atoms with Gasteiger partial charge in [0.15, 0.2) is 5.65 Å². The van der Waals surface area contributed by atoms with Crippen LogP contribution < -0.4 is 4.74 Å². The normalized spacial score (nSPS) is 11.0. The zero-order valence-electron chi connectivity index (χ0n) is 14.0. The van der Waals surface area contributed by atoms with Crippen LogP contribution in [0.15, 0.2) is 65.8 Å². The highest BCUT2D eigenvalue weighted by atomic mass is 35.5. The van der Waals surface area contributed by atoms with Gasteiger partial charge in [-0.25, -0.2) is 0 Å². The molecule has 2 aromatic carbocycles. The van der Waals surface area contributed by atoms with E-state index in [2.05, 4.69) is 10.2 Å². The van der Waals surface area contributed by atoms with Crippen molar-refractivity contribution in [3.05, 3.63) is 71.2 Å². The Morgan fingerprint density at radius 3 is 2.77 bits per heavy atom. The van der Waals surface area contributed by atoms with Crippen LogP contribution >= 0.6 is 23.4 Å². The zero-order chi connectivity index (χ0) is 17.9. The molecule has 2 heterocycles. The maximum atomic E-state index is 6.05. The summed E-state index contributed by atoms with van der Waals surface area (Å²) in [5.74, 6) is 1.52. The Morgan fingerprint density at radius 2 is 1.92 bits per heavy atom. The molecule has 0 N–H and O–H groups in total. The van der Waals surface area contributed by atoms with Crippen LogP contribution in [0.3, 0.4) is 0 Å². The second kappa shape index (κ2) is 7.35. The third kappa shape index (κ3) is 3.38. The number of para-hydroxylation sites is 1. The summed E-state index contributed by atoms with van der Waals surface area (Å²) in [6.07, 6.45) is 0. The van der Waals surface area contributed by atoms with Crippen molar-refractivity contribution in [3.8, 4) is 17.0 Å². The Morgan fingerprint density at radius 1 is 1.04 bits per heavy atom. The van der Waals surface area contributed by atoms with Crippen molar-refractivity contribution >= 4 is 29.0 Å². The lowest BCUT2D eigenvalue weighted by molar-refractivity contribution is 0.416. The molecule has 0 radical (unpaired) electrons. The van der Waals surface area contributed by atoms with Gasteiger partial charge in [0.05, 0.1) is 12.8 Å². The molecule has 4 aromatic rings. The molecule has 7 heteroatoms. The predicted molar refractivity (Wildman–Crippen MR) is 104 cm³/mol. The second-order valence-electron chi connectivity index (χ2n) is 5.59. The van der Waals surface area contributed by atoms with Gasteiger partial charge in [-0.15, -0.1) is 10.2 Å². The number of nitrogens with zero attached hydrogens (tertiary/aromatic N) is 4. The maximum absolute atomic E-state index is 6.05. The third-order valence-electron chi connectivity index (χ3n) is 3.87. The molecule has 0 saturated heterocycles. The Kier molecular flexibility index (Phi) is 4.77. The molecule has 4 rings (SSSR count). The predicted octanol–water partition coefficient (Wildman–Crippen LogP) is 4.75. The monoisotopic (exact) mass is 382 g/mol. The number of hydrogen-bond acceptors (Lipinski definition) is 5. The van der Waals surface area contributed by atoms with E-state index in [0.29, 0.717) is 5.65 Å². The number of fused-ring (bicyclic) bond motifs is 1. The molecule has 0 atom stereocenters.